The van der Waals surface area contributed by atoms with Gasteiger partial charge in [-0.2, -0.15) is 0 Å². The first-order chi connectivity index (χ1) is 14.6. The number of ether oxygens (including phenoxy) is 1. The van der Waals surface area contributed by atoms with Crippen LogP contribution in [0.3, 0.4) is 0 Å². The summed E-state index contributed by atoms with van der Waals surface area (Å²) in [6, 6.07) is 9.89. The Morgan fingerprint density at radius 3 is 2.45 bits per heavy atom. The second-order valence-corrected chi connectivity index (χ2v) is 9.88. The smallest absolute Gasteiger partial charge is 0.239 e. The normalized spacial score (nSPS) is 11.4. The Morgan fingerprint density at radius 2 is 1.81 bits per heavy atom. The molecule has 10 heteroatoms. The molecule has 164 valence electrons. The van der Waals surface area contributed by atoms with Crippen molar-refractivity contribution in [2.75, 3.05) is 18.2 Å². The van der Waals surface area contributed by atoms with Gasteiger partial charge in [0.15, 0.2) is 9.84 Å². The average molecular weight is 483 g/mol. The maximum absolute atomic E-state index is 12.6. The summed E-state index contributed by atoms with van der Waals surface area (Å²) in [5.41, 5.74) is 2.16. The summed E-state index contributed by atoms with van der Waals surface area (Å²) in [6.45, 7) is 3.53. The van der Waals surface area contributed by atoms with Gasteiger partial charge in [-0.25, -0.2) is 13.4 Å². The minimum Gasteiger partial charge on any atom is -0.496 e. The third-order valence-corrected chi connectivity index (χ3v) is 6.25. The fourth-order valence-corrected chi connectivity index (χ4v) is 4.70. The van der Waals surface area contributed by atoms with Crippen LogP contribution in [0.1, 0.15) is 17.0 Å². The molecule has 0 atom stereocenters. The molecule has 3 rings (SSSR count). The van der Waals surface area contributed by atoms with Gasteiger partial charge in [0.2, 0.25) is 11.8 Å². The molecule has 7 nitrogen and oxygen atoms in total. The molecule has 0 aliphatic carbocycles. The summed E-state index contributed by atoms with van der Waals surface area (Å²) < 4.78 is 36.1. The standard InChI is InChI=1S/C21H20Cl2N2O5S/c1-12-4-5-14(6-19(12)29-3)21-25-18(13(2)30-21)10-31(27,28)11-20(26)24-17-8-15(22)7-16(23)9-17/h4-9H,10-11H2,1-3H3,(H,24,26). The monoisotopic (exact) mass is 482 g/mol. The van der Waals surface area contributed by atoms with E-state index in [1.165, 1.54) is 18.2 Å². The molecule has 0 bridgehead atoms. The van der Waals surface area contributed by atoms with Gasteiger partial charge in [-0.05, 0) is 49.7 Å². The molecule has 0 saturated heterocycles. The number of nitrogens with zero attached hydrogens (tertiary/aromatic N) is 1. The zero-order chi connectivity index (χ0) is 22.8. The lowest BCUT2D eigenvalue weighted by molar-refractivity contribution is -0.113. The first kappa shape index (κ1) is 23.1. The molecule has 2 aromatic carbocycles. The topological polar surface area (TPSA) is 98.5 Å². The van der Waals surface area contributed by atoms with Crippen LogP contribution in [0.25, 0.3) is 11.5 Å². The Bertz CT molecular complexity index is 1220. The van der Waals surface area contributed by atoms with E-state index in [0.29, 0.717) is 32.8 Å². The first-order valence-corrected chi connectivity index (χ1v) is 11.7. The molecule has 1 heterocycles. The number of nitrogens with one attached hydrogen (secondary N) is 1. The number of aromatic nitrogens is 1. The minimum atomic E-state index is -3.81. The molecular weight excluding hydrogens is 463 g/mol. The van der Waals surface area contributed by atoms with Gasteiger partial charge in [0.25, 0.3) is 0 Å². The number of benzene rings is 2. The lowest BCUT2D eigenvalue weighted by Gasteiger charge is -2.07. The highest BCUT2D eigenvalue weighted by atomic mass is 35.5. The third-order valence-electron chi connectivity index (χ3n) is 4.40. The van der Waals surface area contributed by atoms with Crippen LogP contribution in [0.4, 0.5) is 5.69 Å². The number of rotatable bonds is 7. The van der Waals surface area contributed by atoms with Gasteiger partial charge >= 0.3 is 0 Å². The number of sulfone groups is 1. The number of carbonyl (C=O) groups excluding carboxylic acids is 1. The molecule has 0 radical (unpaired) electrons. The molecular formula is C21H20Cl2N2O5S. The Labute approximate surface area is 190 Å². The van der Waals surface area contributed by atoms with Crippen molar-refractivity contribution < 1.29 is 22.4 Å². The number of methoxy groups -OCH3 is 1. The number of amides is 1. The Kier molecular flexibility index (Phi) is 6.93. The number of oxazole rings is 1. The molecule has 0 aliphatic heterocycles. The molecule has 0 spiro atoms. The Hall–Kier alpha value is -2.55. The summed E-state index contributed by atoms with van der Waals surface area (Å²) >= 11 is 11.8. The second-order valence-electron chi connectivity index (χ2n) is 6.94. The van der Waals surface area contributed by atoms with E-state index in [-0.39, 0.29) is 11.6 Å². The van der Waals surface area contributed by atoms with E-state index in [9.17, 15) is 13.2 Å². The van der Waals surface area contributed by atoms with Crippen LogP contribution in [0.15, 0.2) is 40.8 Å². The SMILES string of the molecule is COc1cc(-c2nc(CS(=O)(=O)CC(=O)Nc3cc(Cl)cc(Cl)c3)c(C)o2)ccc1C. The fourth-order valence-electron chi connectivity index (χ4n) is 2.92. The van der Waals surface area contributed by atoms with E-state index in [1.807, 2.05) is 19.1 Å². The fraction of sp³-hybridized carbons (Fsp3) is 0.238. The van der Waals surface area contributed by atoms with Crippen molar-refractivity contribution in [3.63, 3.8) is 0 Å². The van der Waals surface area contributed by atoms with E-state index in [1.54, 1.807) is 20.1 Å². The molecule has 31 heavy (non-hydrogen) atoms. The molecule has 1 amide bonds. The molecule has 1 aromatic heterocycles. The van der Waals surface area contributed by atoms with Gasteiger partial charge in [-0.1, -0.05) is 29.3 Å². The molecule has 1 N–H and O–H groups in total. The number of aryl methyl sites for hydroxylation is 2. The average Bonchev–Trinajstić information content (AvgIpc) is 3.00. The molecule has 3 aromatic rings. The van der Waals surface area contributed by atoms with Crippen molar-refractivity contribution in [3.05, 3.63) is 63.5 Å². The maximum atomic E-state index is 12.6. The van der Waals surface area contributed by atoms with Crippen LogP contribution >= 0.6 is 23.2 Å². The van der Waals surface area contributed by atoms with Crippen molar-refractivity contribution in [1.29, 1.82) is 0 Å². The van der Waals surface area contributed by atoms with E-state index >= 15 is 0 Å². The van der Waals surface area contributed by atoms with Crippen LogP contribution in [0.5, 0.6) is 5.75 Å². The predicted octanol–water partition coefficient (Wildman–Crippen LogP) is 4.83. The van der Waals surface area contributed by atoms with Gasteiger partial charge < -0.3 is 14.5 Å². The quantitative estimate of drug-likeness (QED) is 0.517. The van der Waals surface area contributed by atoms with E-state index in [2.05, 4.69) is 10.3 Å². The minimum absolute atomic E-state index is 0.244. The van der Waals surface area contributed by atoms with Crippen molar-refractivity contribution >= 4 is 44.6 Å². The Balaban J connectivity index is 1.73. The number of hydrogen-bond donors (Lipinski definition) is 1. The van der Waals surface area contributed by atoms with E-state index in [0.717, 1.165) is 5.56 Å². The maximum Gasteiger partial charge on any atom is 0.239 e. The summed E-state index contributed by atoms with van der Waals surface area (Å²) in [5, 5.41) is 3.13. The highest BCUT2D eigenvalue weighted by Gasteiger charge is 2.22. The summed E-state index contributed by atoms with van der Waals surface area (Å²) in [7, 11) is -2.25. The summed E-state index contributed by atoms with van der Waals surface area (Å²) in [4.78, 5) is 16.5. The van der Waals surface area contributed by atoms with Crippen LogP contribution < -0.4 is 10.1 Å². The zero-order valence-corrected chi connectivity index (χ0v) is 19.4. The van der Waals surface area contributed by atoms with Crippen LogP contribution in [0, 0.1) is 13.8 Å². The lowest BCUT2D eigenvalue weighted by Crippen LogP contribution is -2.24. The highest BCUT2D eigenvalue weighted by Crippen LogP contribution is 2.28. The van der Waals surface area contributed by atoms with Gasteiger partial charge in [0, 0.05) is 21.3 Å². The molecule has 0 unspecified atom stereocenters. The van der Waals surface area contributed by atoms with Crippen LogP contribution in [-0.4, -0.2) is 32.2 Å². The number of carbonyl (C=O) groups is 1. The zero-order valence-electron chi connectivity index (χ0n) is 17.0. The second kappa shape index (κ2) is 9.30. The summed E-state index contributed by atoms with van der Waals surface area (Å²) in [5.74, 6) is -0.561. The van der Waals surface area contributed by atoms with Crippen molar-refractivity contribution in [1.82, 2.24) is 4.98 Å². The van der Waals surface area contributed by atoms with Gasteiger partial charge in [0.1, 0.15) is 17.3 Å². The van der Waals surface area contributed by atoms with Gasteiger partial charge in [-0.15, -0.1) is 0 Å². The Morgan fingerprint density at radius 1 is 1.13 bits per heavy atom. The van der Waals surface area contributed by atoms with Crippen molar-refractivity contribution in [3.8, 4) is 17.2 Å². The predicted molar refractivity (Wildman–Crippen MR) is 121 cm³/mol. The van der Waals surface area contributed by atoms with Crippen LogP contribution in [0.2, 0.25) is 10.0 Å². The summed E-state index contributed by atoms with van der Waals surface area (Å²) in [6.07, 6.45) is 0. The molecule has 0 fully saturated rings. The van der Waals surface area contributed by atoms with Gasteiger partial charge in [-0.3, -0.25) is 4.79 Å². The largest absolute Gasteiger partial charge is 0.496 e. The molecule has 0 saturated carbocycles. The van der Waals surface area contributed by atoms with E-state index in [4.69, 9.17) is 32.4 Å². The van der Waals surface area contributed by atoms with Crippen LogP contribution in [-0.2, 0) is 20.4 Å². The third kappa shape index (κ3) is 6.00. The lowest BCUT2D eigenvalue weighted by atomic mass is 10.1. The first-order valence-electron chi connectivity index (χ1n) is 9.14. The number of anilines is 1. The van der Waals surface area contributed by atoms with E-state index < -0.39 is 27.3 Å². The van der Waals surface area contributed by atoms with Gasteiger partial charge in [0.05, 0.1) is 18.6 Å². The number of hydrogen-bond acceptors (Lipinski definition) is 6. The van der Waals surface area contributed by atoms with Crippen molar-refractivity contribution in [2.24, 2.45) is 0 Å². The number of halogens is 2. The molecule has 0 aliphatic rings. The highest BCUT2D eigenvalue weighted by molar-refractivity contribution is 7.91. The van der Waals surface area contributed by atoms with Crippen molar-refractivity contribution in [2.45, 2.75) is 19.6 Å².